The number of aryl methyl sites for hydroxylation is 1. The number of aliphatic hydroxyl groups is 1. The van der Waals surface area contributed by atoms with Gasteiger partial charge in [-0.05, 0) is 18.1 Å². The Morgan fingerprint density at radius 3 is 3.05 bits per heavy atom. The van der Waals surface area contributed by atoms with Crippen LogP contribution >= 0.6 is 0 Å². The molecule has 1 aromatic heterocycles. The molecule has 4 rings (SSSR count). The molecule has 2 aromatic rings. The Bertz CT molecular complexity index is 704. The van der Waals surface area contributed by atoms with Crippen LogP contribution in [0.25, 0.3) is 10.9 Å². The first-order valence-electron chi connectivity index (χ1n) is 7.54. The van der Waals surface area contributed by atoms with E-state index in [4.69, 9.17) is 4.84 Å². The van der Waals surface area contributed by atoms with Crippen LogP contribution in [0.1, 0.15) is 17.3 Å². The number of aliphatic hydroxyl groups excluding tert-OH is 1. The average Bonchev–Trinajstić information content (AvgIpc) is 2.70. The lowest BCUT2D eigenvalue weighted by atomic mass is 9.90. The summed E-state index contributed by atoms with van der Waals surface area (Å²) in [6, 6.07) is 8.64. The molecule has 0 saturated heterocycles. The highest BCUT2D eigenvalue weighted by Crippen LogP contribution is 2.41. The Morgan fingerprint density at radius 1 is 1.33 bits per heavy atom. The van der Waals surface area contributed by atoms with Crippen molar-refractivity contribution in [3.05, 3.63) is 47.7 Å². The van der Waals surface area contributed by atoms with Crippen molar-refractivity contribution in [2.45, 2.75) is 12.5 Å². The molecule has 2 aliphatic rings. The molecule has 2 unspecified atom stereocenters. The minimum absolute atomic E-state index is 0.0783. The molecular formula is C17H20N2O2. The molecule has 1 aromatic carbocycles. The SMILES string of the molecule is Cn1c2c(c3ccccc31)CCN1OCC=CC(CO)C21. The molecule has 0 amide bonds. The van der Waals surface area contributed by atoms with Crippen LogP contribution in [0.5, 0.6) is 0 Å². The van der Waals surface area contributed by atoms with Crippen molar-refractivity contribution in [3.63, 3.8) is 0 Å². The molecule has 0 saturated carbocycles. The summed E-state index contributed by atoms with van der Waals surface area (Å²) in [5.74, 6) is 0.0783. The molecule has 21 heavy (non-hydrogen) atoms. The van der Waals surface area contributed by atoms with Gasteiger partial charge in [-0.2, -0.15) is 5.06 Å². The highest BCUT2D eigenvalue weighted by atomic mass is 16.7. The van der Waals surface area contributed by atoms with Crippen molar-refractivity contribution in [2.24, 2.45) is 13.0 Å². The maximum absolute atomic E-state index is 9.80. The van der Waals surface area contributed by atoms with E-state index in [2.05, 4.69) is 47.0 Å². The Hall–Kier alpha value is -1.62. The molecule has 0 radical (unpaired) electrons. The number of hydrogen-bond donors (Lipinski definition) is 1. The van der Waals surface area contributed by atoms with E-state index in [0.717, 1.165) is 13.0 Å². The van der Waals surface area contributed by atoms with Gasteiger partial charge >= 0.3 is 0 Å². The van der Waals surface area contributed by atoms with Crippen LogP contribution in [0.4, 0.5) is 0 Å². The Morgan fingerprint density at radius 2 is 2.19 bits per heavy atom. The van der Waals surface area contributed by atoms with Gasteiger partial charge in [-0.1, -0.05) is 30.4 Å². The predicted octanol–water partition coefficient (Wildman–Crippen LogP) is 2.19. The van der Waals surface area contributed by atoms with E-state index in [1.165, 1.54) is 22.2 Å². The zero-order chi connectivity index (χ0) is 14.4. The summed E-state index contributed by atoms with van der Waals surface area (Å²) in [5.41, 5.74) is 3.95. The van der Waals surface area contributed by atoms with Crippen LogP contribution < -0.4 is 0 Å². The number of aromatic nitrogens is 1. The van der Waals surface area contributed by atoms with Crippen LogP contribution in [-0.2, 0) is 18.3 Å². The average molecular weight is 284 g/mol. The lowest BCUT2D eigenvalue weighted by Gasteiger charge is -2.37. The molecule has 0 spiro atoms. The van der Waals surface area contributed by atoms with Gasteiger partial charge in [0.15, 0.2) is 0 Å². The van der Waals surface area contributed by atoms with E-state index in [1.54, 1.807) is 0 Å². The van der Waals surface area contributed by atoms with Crippen molar-refractivity contribution in [1.82, 2.24) is 9.63 Å². The van der Waals surface area contributed by atoms with Crippen LogP contribution in [0.15, 0.2) is 36.4 Å². The third-order valence-corrected chi connectivity index (χ3v) is 4.77. The minimum Gasteiger partial charge on any atom is -0.396 e. The smallest absolute Gasteiger partial charge is 0.0867 e. The van der Waals surface area contributed by atoms with Crippen molar-refractivity contribution < 1.29 is 9.94 Å². The third kappa shape index (κ3) is 1.87. The second kappa shape index (κ2) is 4.98. The topological polar surface area (TPSA) is 37.6 Å². The largest absolute Gasteiger partial charge is 0.396 e. The fourth-order valence-corrected chi connectivity index (χ4v) is 3.82. The number of hydroxylamine groups is 2. The van der Waals surface area contributed by atoms with Gasteiger partial charge in [0.2, 0.25) is 0 Å². The van der Waals surface area contributed by atoms with E-state index >= 15 is 0 Å². The second-order valence-electron chi connectivity index (χ2n) is 5.85. The molecule has 4 heteroatoms. The Labute approximate surface area is 124 Å². The van der Waals surface area contributed by atoms with Crippen molar-refractivity contribution >= 4 is 10.9 Å². The van der Waals surface area contributed by atoms with Gasteiger partial charge in [-0.15, -0.1) is 0 Å². The van der Waals surface area contributed by atoms with E-state index in [0.29, 0.717) is 6.61 Å². The van der Waals surface area contributed by atoms with E-state index in [1.807, 2.05) is 6.08 Å². The number of rotatable bonds is 1. The molecule has 3 heterocycles. The molecule has 0 bridgehead atoms. The summed E-state index contributed by atoms with van der Waals surface area (Å²) in [6.07, 6.45) is 5.10. The van der Waals surface area contributed by atoms with Gasteiger partial charge in [0.05, 0.1) is 19.3 Å². The summed E-state index contributed by atoms with van der Waals surface area (Å²) in [5, 5.41) is 13.2. The second-order valence-corrected chi connectivity index (χ2v) is 5.85. The molecular weight excluding hydrogens is 264 g/mol. The highest BCUT2D eigenvalue weighted by Gasteiger charge is 2.37. The third-order valence-electron chi connectivity index (χ3n) is 4.77. The quantitative estimate of drug-likeness (QED) is 0.816. The monoisotopic (exact) mass is 284 g/mol. The Kier molecular flexibility index (Phi) is 3.10. The lowest BCUT2D eigenvalue weighted by Crippen LogP contribution is -2.39. The van der Waals surface area contributed by atoms with Gasteiger partial charge in [0, 0.05) is 36.1 Å². The number of para-hydroxylation sites is 1. The highest BCUT2D eigenvalue weighted by molar-refractivity contribution is 5.86. The number of hydrogen-bond acceptors (Lipinski definition) is 3. The molecule has 110 valence electrons. The fourth-order valence-electron chi connectivity index (χ4n) is 3.82. The van der Waals surface area contributed by atoms with Crippen LogP contribution in [0.3, 0.4) is 0 Å². The first-order valence-corrected chi connectivity index (χ1v) is 7.54. The molecule has 1 N–H and O–H groups in total. The van der Waals surface area contributed by atoms with Gasteiger partial charge in [-0.25, -0.2) is 0 Å². The van der Waals surface area contributed by atoms with Crippen LogP contribution in [0.2, 0.25) is 0 Å². The van der Waals surface area contributed by atoms with Gasteiger partial charge in [-0.3, -0.25) is 4.84 Å². The van der Waals surface area contributed by atoms with Crippen molar-refractivity contribution in [3.8, 4) is 0 Å². The summed E-state index contributed by atoms with van der Waals surface area (Å²) >= 11 is 0. The standard InChI is InChI=1S/C17H20N2O2/c1-18-15-7-3-2-6-13(15)14-8-9-19-16(17(14)18)12(11-20)5-4-10-21-19/h2-7,12,16,20H,8-11H2,1H3. The number of nitrogens with zero attached hydrogens (tertiary/aromatic N) is 2. The van der Waals surface area contributed by atoms with Gasteiger partial charge in [0.25, 0.3) is 0 Å². The van der Waals surface area contributed by atoms with Crippen molar-refractivity contribution in [2.75, 3.05) is 19.8 Å². The van der Waals surface area contributed by atoms with E-state index in [-0.39, 0.29) is 18.6 Å². The zero-order valence-corrected chi connectivity index (χ0v) is 12.2. The number of benzene rings is 1. The first kappa shape index (κ1) is 13.1. The van der Waals surface area contributed by atoms with Gasteiger partial charge < -0.3 is 9.67 Å². The predicted molar refractivity (Wildman–Crippen MR) is 81.7 cm³/mol. The summed E-state index contributed by atoms with van der Waals surface area (Å²) in [4.78, 5) is 5.87. The molecule has 2 atom stereocenters. The van der Waals surface area contributed by atoms with Crippen LogP contribution in [-0.4, -0.2) is 34.5 Å². The maximum atomic E-state index is 9.80. The first-order chi connectivity index (χ1) is 10.3. The van der Waals surface area contributed by atoms with Crippen LogP contribution in [0, 0.1) is 5.92 Å². The summed E-state index contributed by atoms with van der Waals surface area (Å²) in [7, 11) is 2.12. The van der Waals surface area contributed by atoms with E-state index < -0.39 is 0 Å². The van der Waals surface area contributed by atoms with Gasteiger partial charge in [0.1, 0.15) is 0 Å². The molecule has 0 fully saturated rings. The normalized spacial score (nSPS) is 25.6. The summed E-state index contributed by atoms with van der Waals surface area (Å²) < 4.78 is 2.27. The van der Waals surface area contributed by atoms with E-state index in [9.17, 15) is 5.11 Å². The minimum atomic E-state index is 0.0783. The fraction of sp³-hybridized carbons (Fsp3) is 0.412. The maximum Gasteiger partial charge on any atom is 0.0867 e. The Balaban J connectivity index is 1.95. The molecule has 2 aliphatic heterocycles. The molecule has 4 nitrogen and oxygen atoms in total. The number of fused-ring (bicyclic) bond motifs is 5. The molecule has 0 aliphatic carbocycles. The summed E-state index contributed by atoms with van der Waals surface area (Å²) in [6.45, 7) is 1.61. The lowest BCUT2D eigenvalue weighted by molar-refractivity contribution is -0.190. The van der Waals surface area contributed by atoms with Crippen molar-refractivity contribution in [1.29, 1.82) is 0 Å². The zero-order valence-electron chi connectivity index (χ0n) is 12.2.